The van der Waals surface area contributed by atoms with Crippen LogP contribution in [0.2, 0.25) is 0 Å². The third-order valence-electron chi connectivity index (χ3n) is 2.61. The second-order valence-electron chi connectivity index (χ2n) is 5.36. The van der Waals surface area contributed by atoms with Crippen LogP contribution < -0.4 is 16.6 Å². The van der Waals surface area contributed by atoms with Crippen LogP contribution in [0.1, 0.15) is 33.6 Å². The van der Waals surface area contributed by atoms with E-state index >= 15 is 0 Å². The molecule has 1 rings (SSSR count). The first kappa shape index (κ1) is 15.0. The standard InChI is InChI=1S/C11H22N4O2S/c1-11(2,3)17-10(16)15-6-4-8(5-7-15)13-9(18)14-12/h8H,4-7,12H2,1-3H3,(H2,13,14,18). The van der Waals surface area contributed by atoms with E-state index in [4.69, 9.17) is 22.8 Å². The highest BCUT2D eigenvalue weighted by Gasteiger charge is 2.26. The zero-order valence-corrected chi connectivity index (χ0v) is 12.0. The van der Waals surface area contributed by atoms with Crippen molar-refractivity contribution in [1.82, 2.24) is 15.6 Å². The summed E-state index contributed by atoms with van der Waals surface area (Å²) >= 11 is 4.94. The predicted molar refractivity (Wildman–Crippen MR) is 73.9 cm³/mol. The summed E-state index contributed by atoms with van der Waals surface area (Å²) in [4.78, 5) is 13.5. The van der Waals surface area contributed by atoms with Gasteiger partial charge in [0, 0.05) is 19.1 Å². The fourth-order valence-electron chi connectivity index (χ4n) is 1.76. The Bertz CT molecular complexity index is 309. The highest BCUT2D eigenvalue weighted by atomic mass is 32.1. The Kier molecular flexibility index (Phi) is 5.15. The summed E-state index contributed by atoms with van der Waals surface area (Å²) in [6, 6.07) is 0.257. The molecule has 18 heavy (non-hydrogen) atoms. The quantitative estimate of drug-likeness (QED) is 0.371. The van der Waals surface area contributed by atoms with Gasteiger partial charge in [-0.3, -0.25) is 0 Å². The maximum absolute atomic E-state index is 11.8. The van der Waals surface area contributed by atoms with Crippen LogP contribution in [-0.2, 0) is 4.74 Å². The van der Waals surface area contributed by atoms with E-state index in [1.54, 1.807) is 4.90 Å². The first-order valence-corrected chi connectivity index (χ1v) is 6.47. The Morgan fingerprint density at radius 2 is 1.94 bits per heavy atom. The second kappa shape index (κ2) is 6.19. The van der Waals surface area contributed by atoms with Crippen molar-refractivity contribution in [1.29, 1.82) is 0 Å². The summed E-state index contributed by atoms with van der Waals surface area (Å²) in [6.07, 6.45) is 1.42. The molecule has 0 spiro atoms. The summed E-state index contributed by atoms with van der Waals surface area (Å²) in [5.74, 6) is 5.20. The Hall–Kier alpha value is -1.08. The molecule has 0 aromatic heterocycles. The van der Waals surface area contributed by atoms with Gasteiger partial charge in [-0.05, 0) is 45.8 Å². The molecular formula is C11H22N4O2S. The maximum atomic E-state index is 11.8. The summed E-state index contributed by atoms with van der Waals surface area (Å²) in [7, 11) is 0. The van der Waals surface area contributed by atoms with Crippen LogP contribution >= 0.6 is 12.2 Å². The number of hydrogen-bond acceptors (Lipinski definition) is 4. The van der Waals surface area contributed by atoms with Gasteiger partial charge in [-0.15, -0.1) is 0 Å². The summed E-state index contributed by atoms with van der Waals surface area (Å²) in [5.41, 5.74) is 1.95. The van der Waals surface area contributed by atoms with E-state index in [0.29, 0.717) is 18.2 Å². The van der Waals surface area contributed by atoms with Crippen molar-refractivity contribution in [2.75, 3.05) is 13.1 Å². The van der Waals surface area contributed by atoms with Gasteiger partial charge in [0.15, 0.2) is 5.11 Å². The average Bonchev–Trinajstić information content (AvgIpc) is 2.27. The molecule has 0 aromatic carbocycles. The molecular weight excluding hydrogens is 252 g/mol. The molecule has 0 radical (unpaired) electrons. The maximum Gasteiger partial charge on any atom is 0.410 e. The van der Waals surface area contributed by atoms with Crippen LogP contribution in [0.25, 0.3) is 0 Å². The van der Waals surface area contributed by atoms with Crippen molar-refractivity contribution in [3.63, 3.8) is 0 Å². The number of carbonyl (C=O) groups is 1. The van der Waals surface area contributed by atoms with E-state index in [-0.39, 0.29) is 12.1 Å². The van der Waals surface area contributed by atoms with Crippen LogP contribution in [0.4, 0.5) is 4.79 Å². The Balaban J connectivity index is 2.35. The molecule has 0 aromatic rings. The smallest absolute Gasteiger partial charge is 0.410 e. The lowest BCUT2D eigenvalue weighted by molar-refractivity contribution is 0.0203. The number of piperidine rings is 1. The van der Waals surface area contributed by atoms with E-state index in [1.807, 2.05) is 20.8 Å². The number of thiocarbonyl (C=S) groups is 1. The van der Waals surface area contributed by atoms with Gasteiger partial charge in [0.2, 0.25) is 0 Å². The van der Waals surface area contributed by atoms with Gasteiger partial charge in [-0.1, -0.05) is 0 Å². The molecule has 4 N–H and O–H groups in total. The van der Waals surface area contributed by atoms with Crippen molar-refractivity contribution in [3.05, 3.63) is 0 Å². The zero-order chi connectivity index (χ0) is 13.8. The van der Waals surface area contributed by atoms with E-state index in [2.05, 4.69) is 10.7 Å². The lowest BCUT2D eigenvalue weighted by atomic mass is 10.1. The Morgan fingerprint density at radius 1 is 1.39 bits per heavy atom. The van der Waals surface area contributed by atoms with Crippen molar-refractivity contribution < 1.29 is 9.53 Å². The number of nitrogens with one attached hydrogen (secondary N) is 2. The number of ether oxygens (including phenoxy) is 1. The van der Waals surface area contributed by atoms with Gasteiger partial charge >= 0.3 is 6.09 Å². The number of hydrazine groups is 1. The van der Waals surface area contributed by atoms with Crippen LogP contribution in [0.5, 0.6) is 0 Å². The zero-order valence-electron chi connectivity index (χ0n) is 11.2. The Labute approximate surface area is 113 Å². The normalized spacial score (nSPS) is 17.2. The van der Waals surface area contributed by atoms with Crippen LogP contribution in [0.15, 0.2) is 0 Å². The lowest BCUT2D eigenvalue weighted by Crippen LogP contribution is -2.50. The molecule has 1 saturated heterocycles. The summed E-state index contributed by atoms with van der Waals surface area (Å²) in [5, 5.41) is 3.53. The number of amides is 1. The molecule has 0 atom stereocenters. The molecule has 0 aliphatic carbocycles. The number of carbonyl (C=O) groups excluding carboxylic acids is 1. The minimum absolute atomic E-state index is 0.250. The van der Waals surface area contributed by atoms with Gasteiger partial charge < -0.3 is 20.4 Å². The molecule has 6 nitrogen and oxygen atoms in total. The highest BCUT2D eigenvalue weighted by Crippen LogP contribution is 2.15. The predicted octanol–water partition coefficient (Wildman–Crippen LogP) is 0.724. The highest BCUT2D eigenvalue weighted by molar-refractivity contribution is 7.80. The summed E-state index contributed by atoms with van der Waals surface area (Å²) in [6.45, 7) is 6.93. The van der Waals surface area contributed by atoms with Gasteiger partial charge in [-0.2, -0.15) is 0 Å². The second-order valence-corrected chi connectivity index (χ2v) is 5.77. The lowest BCUT2D eigenvalue weighted by Gasteiger charge is -2.34. The van der Waals surface area contributed by atoms with Crippen LogP contribution in [0.3, 0.4) is 0 Å². The van der Waals surface area contributed by atoms with Gasteiger partial charge in [-0.25, -0.2) is 10.6 Å². The van der Waals surface area contributed by atoms with E-state index in [1.165, 1.54) is 0 Å². The number of nitrogens with zero attached hydrogens (tertiary/aromatic N) is 1. The summed E-state index contributed by atoms with van der Waals surface area (Å²) < 4.78 is 5.32. The SMILES string of the molecule is CC(C)(C)OC(=O)N1CCC(NC(=S)NN)CC1. The van der Waals surface area contributed by atoms with Gasteiger partial charge in [0.1, 0.15) is 5.60 Å². The molecule has 7 heteroatoms. The molecule has 104 valence electrons. The largest absolute Gasteiger partial charge is 0.444 e. The van der Waals surface area contributed by atoms with Crippen molar-refractivity contribution in [2.45, 2.75) is 45.3 Å². The van der Waals surface area contributed by atoms with E-state index < -0.39 is 5.60 Å². The molecule has 0 unspecified atom stereocenters. The van der Waals surface area contributed by atoms with Crippen molar-refractivity contribution in [2.24, 2.45) is 5.84 Å². The molecule has 1 amide bonds. The van der Waals surface area contributed by atoms with Crippen molar-refractivity contribution >= 4 is 23.4 Å². The monoisotopic (exact) mass is 274 g/mol. The third kappa shape index (κ3) is 5.05. The van der Waals surface area contributed by atoms with E-state index in [9.17, 15) is 4.79 Å². The minimum atomic E-state index is -0.447. The third-order valence-corrected chi connectivity index (χ3v) is 2.85. The number of rotatable bonds is 1. The topological polar surface area (TPSA) is 79.6 Å². The van der Waals surface area contributed by atoms with Gasteiger partial charge in [0.25, 0.3) is 0 Å². The van der Waals surface area contributed by atoms with Crippen LogP contribution in [-0.4, -0.2) is 40.8 Å². The fourth-order valence-corrected chi connectivity index (χ4v) is 1.93. The first-order chi connectivity index (χ1) is 8.31. The molecule has 0 bridgehead atoms. The number of hydrogen-bond donors (Lipinski definition) is 3. The number of likely N-dealkylation sites (tertiary alicyclic amines) is 1. The van der Waals surface area contributed by atoms with Crippen molar-refractivity contribution in [3.8, 4) is 0 Å². The van der Waals surface area contributed by atoms with Crippen LogP contribution in [0, 0.1) is 0 Å². The molecule has 1 heterocycles. The minimum Gasteiger partial charge on any atom is -0.444 e. The molecule has 1 aliphatic heterocycles. The molecule has 1 fully saturated rings. The first-order valence-electron chi connectivity index (χ1n) is 6.07. The molecule has 1 aliphatic rings. The Morgan fingerprint density at radius 3 is 2.39 bits per heavy atom. The molecule has 0 saturated carbocycles. The van der Waals surface area contributed by atoms with E-state index in [0.717, 1.165) is 12.8 Å². The van der Waals surface area contributed by atoms with Gasteiger partial charge in [0.05, 0.1) is 0 Å². The number of nitrogens with two attached hydrogens (primary N) is 1. The fraction of sp³-hybridized carbons (Fsp3) is 0.818. The average molecular weight is 274 g/mol.